The van der Waals surface area contributed by atoms with Gasteiger partial charge in [-0.1, -0.05) is 32.0 Å². The van der Waals surface area contributed by atoms with E-state index >= 15 is 0 Å². The molecule has 2 aromatic rings. The topological polar surface area (TPSA) is 334 Å². The van der Waals surface area contributed by atoms with Gasteiger partial charge in [-0.25, -0.2) is 4.79 Å². The van der Waals surface area contributed by atoms with E-state index in [9.17, 15) is 48.9 Å². The minimum atomic E-state index is -1.52. The molecule has 7 atom stereocenters. The molecule has 1 aromatic carbocycles. The molecule has 0 aliphatic heterocycles. The quantitative estimate of drug-likeness (QED) is 0.0488. The normalized spacial score (nSPS) is 15.0. The average Bonchev–Trinajstić information content (AvgIpc) is 3.56. The average molecular weight is 804 g/mol. The van der Waals surface area contributed by atoms with Crippen LogP contribution in [0.25, 0.3) is 10.9 Å². The lowest BCUT2D eigenvalue weighted by Crippen LogP contribution is -2.60. The van der Waals surface area contributed by atoms with E-state index in [2.05, 4.69) is 31.6 Å². The van der Waals surface area contributed by atoms with Crippen LogP contribution in [0.1, 0.15) is 84.1 Å². The predicted octanol–water partition coefficient (Wildman–Crippen LogP) is -0.904. The Bertz CT molecular complexity index is 1650. The molecular formula is C38H61N9O10. The second-order valence-electron chi connectivity index (χ2n) is 14.6. The fourth-order valence-electron chi connectivity index (χ4n) is 6.06. The molecule has 318 valence electrons. The number of amides is 5. The van der Waals surface area contributed by atoms with E-state index in [1.807, 2.05) is 18.2 Å². The van der Waals surface area contributed by atoms with Gasteiger partial charge in [0.2, 0.25) is 29.5 Å². The Hall–Kier alpha value is -5.11. The molecule has 15 N–H and O–H groups in total. The number of aliphatic hydroxyl groups is 1. The van der Waals surface area contributed by atoms with E-state index in [0.717, 1.165) is 10.9 Å². The zero-order chi connectivity index (χ0) is 42.7. The first-order valence-corrected chi connectivity index (χ1v) is 19.3. The van der Waals surface area contributed by atoms with Crippen LogP contribution >= 0.6 is 0 Å². The lowest BCUT2D eigenvalue weighted by molar-refractivity contribution is -0.142. The largest absolute Gasteiger partial charge is 0.481 e. The van der Waals surface area contributed by atoms with E-state index in [1.54, 1.807) is 26.1 Å². The zero-order valence-corrected chi connectivity index (χ0v) is 32.9. The summed E-state index contributed by atoms with van der Waals surface area (Å²) in [7, 11) is 0. The third-order valence-electron chi connectivity index (χ3n) is 9.32. The summed E-state index contributed by atoms with van der Waals surface area (Å²) in [6, 6.07) is -0.706. The molecule has 2 rings (SSSR count). The van der Waals surface area contributed by atoms with Gasteiger partial charge in [-0.05, 0) is 88.9 Å². The number of benzene rings is 1. The number of nitrogens with two attached hydrogens (primary N) is 3. The van der Waals surface area contributed by atoms with Crippen LogP contribution in [0.5, 0.6) is 0 Å². The summed E-state index contributed by atoms with van der Waals surface area (Å²) >= 11 is 0. The van der Waals surface area contributed by atoms with Gasteiger partial charge < -0.3 is 64.1 Å². The molecule has 0 saturated carbocycles. The number of carbonyl (C=O) groups excluding carboxylic acids is 5. The smallest absolute Gasteiger partial charge is 0.326 e. The number of hydrogen-bond donors (Lipinski definition) is 12. The maximum atomic E-state index is 14.0. The Balaban J connectivity index is 2.43. The molecule has 19 nitrogen and oxygen atoms in total. The number of aromatic amines is 1. The summed E-state index contributed by atoms with van der Waals surface area (Å²) in [5.74, 6) is -6.76. The Labute approximate surface area is 332 Å². The van der Waals surface area contributed by atoms with Crippen molar-refractivity contribution < 1.29 is 48.9 Å². The first-order chi connectivity index (χ1) is 27.0. The summed E-state index contributed by atoms with van der Waals surface area (Å²) in [4.78, 5) is 94.7. The minimum absolute atomic E-state index is 0.0523. The number of para-hydroxylation sites is 1. The highest BCUT2D eigenvalue weighted by Gasteiger charge is 2.34. The van der Waals surface area contributed by atoms with Gasteiger partial charge >= 0.3 is 11.9 Å². The van der Waals surface area contributed by atoms with Crippen molar-refractivity contribution in [3.63, 3.8) is 0 Å². The first-order valence-electron chi connectivity index (χ1n) is 19.3. The number of aliphatic carboxylic acids is 2. The fraction of sp³-hybridized carbons (Fsp3) is 0.605. The third kappa shape index (κ3) is 16.5. The highest BCUT2D eigenvalue weighted by Crippen LogP contribution is 2.20. The van der Waals surface area contributed by atoms with Crippen molar-refractivity contribution >= 4 is 52.4 Å². The lowest BCUT2D eigenvalue weighted by Gasteiger charge is -2.27. The highest BCUT2D eigenvalue weighted by molar-refractivity contribution is 5.97. The number of hydrogen-bond acceptors (Lipinski definition) is 11. The van der Waals surface area contributed by atoms with Crippen LogP contribution in [-0.4, -0.2) is 117 Å². The SMILES string of the molecule is CC(C)C[C@H](NC(=O)[C@H](Cc1c[nH]c2ccccc12)NC(=O)[C@H](CCC(=O)O)NC(=O)[C@H](CCCCN)NC(=O)[C@H](CCCCN)NC(=O)[C@@H](N)[C@@H](C)O)C(=O)O. The Kier molecular flexibility index (Phi) is 20.7. The number of carbonyl (C=O) groups is 7. The van der Waals surface area contributed by atoms with Crippen LogP contribution in [0, 0.1) is 5.92 Å². The maximum absolute atomic E-state index is 14.0. The van der Waals surface area contributed by atoms with Crippen molar-refractivity contribution in [2.24, 2.45) is 23.1 Å². The number of rotatable bonds is 27. The fourth-order valence-corrected chi connectivity index (χ4v) is 6.06. The van der Waals surface area contributed by atoms with Crippen molar-refractivity contribution in [3.8, 4) is 0 Å². The van der Waals surface area contributed by atoms with Crippen LogP contribution in [0.3, 0.4) is 0 Å². The van der Waals surface area contributed by atoms with Crippen molar-refractivity contribution in [1.82, 2.24) is 31.6 Å². The predicted molar refractivity (Wildman–Crippen MR) is 211 cm³/mol. The van der Waals surface area contributed by atoms with Gasteiger partial charge in [0, 0.05) is 29.9 Å². The van der Waals surface area contributed by atoms with E-state index in [4.69, 9.17) is 17.2 Å². The third-order valence-corrected chi connectivity index (χ3v) is 9.32. The molecule has 0 saturated heterocycles. The van der Waals surface area contributed by atoms with Gasteiger partial charge in [-0.2, -0.15) is 0 Å². The number of H-pyrrole nitrogens is 1. The van der Waals surface area contributed by atoms with Crippen molar-refractivity contribution in [2.75, 3.05) is 13.1 Å². The summed E-state index contributed by atoms with van der Waals surface area (Å²) in [6.45, 7) is 5.50. The lowest BCUT2D eigenvalue weighted by atomic mass is 10.0. The van der Waals surface area contributed by atoms with Crippen LogP contribution in [0.4, 0.5) is 0 Å². The van der Waals surface area contributed by atoms with Crippen LogP contribution in [0.15, 0.2) is 30.5 Å². The summed E-state index contributed by atoms with van der Waals surface area (Å²) < 4.78 is 0. The monoisotopic (exact) mass is 803 g/mol. The van der Waals surface area contributed by atoms with E-state index in [-0.39, 0.29) is 38.1 Å². The summed E-state index contributed by atoms with van der Waals surface area (Å²) in [5.41, 5.74) is 18.4. The number of nitrogens with one attached hydrogen (secondary N) is 6. The second-order valence-corrected chi connectivity index (χ2v) is 14.6. The molecule has 0 radical (unpaired) electrons. The molecule has 1 heterocycles. The Morgan fingerprint density at radius 1 is 0.667 bits per heavy atom. The molecule has 19 heteroatoms. The van der Waals surface area contributed by atoms with Gasteiger partial charge in [0.25, 0.3) is 0 Å². The number of aromatic nitrogens is 1. The van der Waals surface area contributed by atoms with Gasteiger partial charge in [0.15, 0.2) is 0 Å². The molecule has 0 aliphatic carbocycles. The summed E-state index contributed by atoms with van der Waals surface area (Å²) in [5, 5.41) is 42.7. The second kappa shape index (κ2) is 24.5. The number of aliphatic hydroxyl groups excluding tert-OH is 1. The van der Waals surface area contributed by atoms with Gasteiger partial charge in [0.1, 0.15) is 36.3 Å². The highest BCUT2D eigenvalue weighted by atomic mass is 16.4. The number of unbranched alkanes of at least 4 members (excludes halogenated alkanes) is 2. The van der Waals surface area contributed by atoms with E-state index < -0.39 is 96.7 Å². The van der Waals surface area contributed by atoms with Crippen LogP contribution in [-0.2, 0) is 40.0 Å². The maximum Gasteiger partial charge on any atom is 0.326 e. The van der Waals surface area contributed by atoms with Crippen molar-refractivity contribution in [3.05, 3.63) is 36.0 Å². The Morgan fingerprint density at radius 2 is 1.14 bits per heavy atom. The molecule has 57 heavy (non-hydrogen) atoms. The number of fused-ring (bicyclic) bond motifs is 1. The molecule has 0 bridgehead atoms. The Morgan fingerprint density at radius 3 is 1.63 bits per heavy atom. The van der Waals surface area contributed by atoms with Crippen molar-refractivity contribution in [2.45, 2.75) is 127 Å². The van der Waals surface area contributed by atoms with Crippen LogP contribution in [0.2, 0.25) is 0 Å². The van der Waals surface area contributed by atoms with E-state index in [1.165, 1.54) is 6.92 Å². The molecule has 1 aromatic heterocycles. The number of carboxylic acids is 2. The summed E-state index contributed by atoms with van der Waals surface area (Å²) in [6.07, 6.45) is 1.46. The molecule has 5 amide bonds. The molecule has 0 aliphatic rings. The number of carboxylic acid groups (broad SMARTS) is 2. The van der Waals surface area contributed by atoms with Crippen LogP contribution < -0.4 is 43.8 Å². The van der Waals surface area contributed by atoms with Gasteiger partial charge in [-0.3, -0.25) is 28.8 Å². The standard InChI is InChI=1S/C38H61N9O10/c1-21(2)18-30(38(56)57)47-36(54)29(19-23-20-42-25-11-5-4-10-24(23)25)46-35(53)28(14-15-31(49)50)44-33(51)26(12-6-8-16-39)43-34(52)27(13-7-9-17-40)45-37(55)32(41)22(3)48/h4-5,10-11,20-22,26-30,32,42,48H,6-9,12-19,39-41H2,1-3H3,(H,43,52)(H,44,51)(H,45,55)(H,46,53)(H,47,54)(H,49,50)(H,56,57)/t22-,26+,27+,28+,29+,30+,32+/m1/s1. The molecule has 0 spiro atoms. The van der Waals surface area contributed by atoms with Crippen molar-refractivity contribution in [1.29, 1.82) is 0 Å². The molecular weight excluding hydrogens is 742 g/mol. The van der Waals surface area contributed by atoms with Gasteiger partial charge in [-0.15, -0.1) is 0 Å². The molecule has 0 unspecified atom stereocenters. The minimum Gasteiger partial charge on any atom is -0.481 e. The zero-order valence-electron chi connectivity index (χ0n) is 32.9. The first kappa shape index (κ1) is 48.0. The van der Waals surface area contributed by atoms with Gasteiger partial charge in [0.05, 0.1) is 6.10 Å². The van der Waals surface area contributed by atoms with E-state index in [0.29, 0.717) is 37.8 Å². The molecule has 0 fully saturated rings.